The van der Waals surface area contributed by atoms with Gasteiger partial charge in [0.15, 0.2) is 0 Å². The molecule has 56 heavy (non-hydrogen) atoms. The normalized spacial score (nSPS) is 13.9. The van der Waals surface area contributed by atoms with Crippen molar-refractivity contribution in [2.24, 2.45) is 17.8 Å². The van der Waals surface area contributed by atoms with Gasteiger partial charge in [-0.3, -0.25) is 29.3 Å². The molecule has 0 aliphatic carbocycles. The SMILES string of the molecule is CC(C)C[C@H](NC(=O)C[C@H](O)[C@H](CC(C)C)NC(=O)[C@H](Cc1c[nH]cn1)NC(=O)C(CCc1ccccc1)Cc1ccccc1)C(=O)NC(=O)c1ccccc1. The van der Waals surface area contributed by atoms with Gasteiger partial charge < -0.3 is 26.0 Å². The number of amides is 5. The molecule has 5 atom stereocenters. The molecule has 0 saturated heterocycles. The predicted molar refractivity (Wildman–Crippen MR) is 215 cm³/mol. The highest BCUT2D eigenvalue weighted by Crippen LogP contribution is 2.18. The van der Waals surface area contributed by atoms with E-state index in [0.717, 1.165) is 11.1 Å². The average Bonchev–Trinajstić information content (AvgIpc) is 3.69. The summed E-state index contributed by atoms with van der Waals surface area (Å²) in [4.78, 5) is 74.5. The molecule has 1 unspecified atom stereocenters. The Morgan fingerprint density at radius 2 is 1.29 bits per heavy atom. The van der Waals surface area contributed by atoms with Crippen LogP contribution in [0.5, 0.6) is 0 Å². The van der Waals surface area contributed by atoms with Crippen molar-refractivity contribution in [1.29, 1.82) is 0 Å². The fraction of sp³-hybridized carbons (Fsp3) is 0.409. The molecule has 0 bridgehead atoms. The minimum Gasteiger partial charge on any atom is -0.390 e. The zero-order valence-electron chi connectivity index (χ0n) is 32.7. The van der Waals surface area contributed by atoms with Crippen molar-refractivity contribution in [3.63, 3.8) is 0 Å². The summed E-state index contributed by atoms with van der Waals surface area (Å²) in [5, 5.41) is 22.4. The summed E-state index contributed by atoms with van der Waals surface area (Å²) in [5.41, 5.74) is 2.98. The molecule has 4 rings (SSSR count). The van der Waals surface area contributed by atoms with Crippen LogP contribution in [0.15, 0.2) is 104 Å². The zero-order valence-corrected chi connectivity index (χ0v) is 32.7. The molecule has 0 aliphatic rings. The molecule has 0 spiro atoms. The minimum absolute atomic E-state index is 0.00284. The van der Waals surface area contributed by atoms with E-state index in [9.17, 15) is 29.1 Å². The Morgan fingerprint density at radius 3 is 1.88 bits per heavy atom. The predicted octanol–water partition coefficient (Wildman–Crippen LogP) is 4.70. The summed E-state index contributed by atoms with van der Waals surface area (Å²) < 4.78 is 0. The first-order chi connectivity index (χ1) is 26.9. The third kappa shape index (κ3) is 14.6. The van der Waals surface area contributed by atoms with Crippen LogP contribution < -0.4 is 21.3 Å². The van der Waals surface area contributed by atoms with Crippen molar-refractivity contribution in [1.82, 2.24) is 31.2 Å². The fourth-order valence-corrected chi connectivity index (χ4v) is 6.57. The summed E-state index contributed by atoms with van der Waals surface area (Å²) in [6, 6.07) is 25.1. The van der Waals surface area contributed by atoms with E-state index >= 15 is 0 Å². The number of hydrogen-bond acceptors (Lipinski definition) is 7. The Balaban J connectivity index is 1.46. The second-order valence-corrected chi connectivity index (χ2v) is 15.2. The van der Waals surface area contributed by atoms with Crippen molar-refractivity contribution in [2.75, 3.05) is 0 Å². The molecule has 6 N–H and O–H groups in total. The maximum Gasteiger partial charge on any atom is 0.257 e. The van der Waals surface area contributed by atoms with Gasteiger partial charge in [0.1, 0.15) is 12.1 Å². The number of nitrogens with zero attached hydrogens (tertiary/aromatic N) is 1. The lowest BCUT2D eigenvalue weighted by Crippen LogP contribution is -2.55. The molecule has 4 aromatic rings. The number of hydrogen-bond donors (Lipinski definition) is 6. The van der Waals surface area contributed by atoms with Crippen LogP contribution in [0.25, 0.3) is 0 Å². The maximum atomic E-state index is 14.1. The van der Waals surface area contributed by atoms with E-state index < -0.39 is 60.2 Å². The van der Waals surface area contributed by atoms with E-state index in [-0.39, 0.29) is 30.6 Å². The van der Waals surface area contributed by atoms with Crippen molar-refractivity contribution >= 4 is 29.5 Å². The number of nitrogens with one attached hydrogen (secondary N) is 5. The van der Waals surface area contributed by atoms with Gasteiger partial charge in [-0.15, -0.1) is 0 Å². The number of aromatic nitrogens is 2. The summed E-state index contributed by atoms with van der Waals surface area (Å²) in [7, 11) is 0. The van der Waals surface area contributed by atoms with Crippen LogP contribution in [0.3, 0.4) is 0 Å². The highest BCUT2D eigenvalue weighted by molar-refractivity contribution is 6.06. The largest absolute Gasteiger partial charge is 0.390 e. The van der Waals surface area contributed by atoms with Gasteiger partial charge in [-0.05, 0) is 67.2 Å². The average molecular weight is 765 g/mol. The summed E-state index contributed by atoms with van der Waals surface area (Å²) in [6.45, 7) is 7.64. The molecule has 298 valence electrons. The van der Waals surface area contributed by atoms with E-state index in [2.05, 4.69) is 31.2 Å². The lowest BCUT2D eigenvalue weighted by Gasteiger charge is -2.29. The number of imide groups is 1. The number of H-pyrrole nitrogens is 1. The number of aliphatic hydroxyl groups excluding tert-OH is 1. The molecular weight excluding hydrogens is 709 g/mol. The van der Waals surface area contributed by atoms with Crippen molar-refractivity contribution in [3.05, 3.63) is 126 Å². The van der Waals surface area contributed by atoms with Gasteiger partial charge in [-0.25, -0.2) is 4.98 Å². The van der Waals surface area contributed by atoms with Gasteiger partial charge in [0.05, 0.1) is 30.6 Å². The summed E-state index contributed by atoms with van der Waals surface area (Å²) in [5.74, 6) is -3.07. The quantitative estimate of drug-likeness (QED) is 0.0711. The second kappa shape index (κ2) is 22.1. The van der Waals surface area contributed by atoms with Crippen LogP contribution in [0.4, 0.5) is 0 Å². The van der Waals surface area contributed by atoms with Gasteiger partial charge in [-0.1, -0.05) is 107 Å². The molecule has 0 saturated carbocycles. The number of imidazole rings is 1. The third-order valence-corrected chi connectivity index (χ3v) is 9.46. The highest BCUT2D eigenvalue weighted by Gasteiger charge is 2.32. The number of aromatic amines is 1. The van der Waals surface area contributed by atoms with Crippen LogP contribution in [0, 0.1) is 17.8 Å². The molecule has 5 amide bonds. The Hall–Kier alpha value is -5.62. The number of rotatable bonds is 21. The first kappa shape index (κ1) is 43.1. The van der Waals surface area contributed by atoms with E-state index in [1.165, 1.54) is 6.33 Å². The smallest absolute Gasteiger partial charge is 0.257 e. The van der Waals surface area contributed by atoms with Crippen molar-refractivity contribution in [3.8, 4) is 0 Å². The second-order valence-electron chi connectivity index (χ2n) is 15.2. The maximum absolute atomic E-state index is 14.1. The molecular formula is C44H56N6O6. The van der Waals surface area contributed by atoms with Crippen molar-refractivity contribution in [2.45, 2.75) is 96.9 Å². The molecule has 0 fully saturated rings. The monoisotopic (exact) mass is 764 g/mol. The van der Waals surface area contributed by atoms with Gasteiger partial charge in [0.2, 0.25) is 23.6 Å². The molecule has 3 aromatic carbocycles. The van der Waals surface area contributed by atoms with Gasteiger partial charge in [-0.2, -0.15) is 0 Å². The standard InChI is InChI=1S/C44H56N6O6/c1-29(2)22-36(39(51)26-40(52)47-37(23-30(3)4)44(56)50-41(53)33-18-12-7-13-19-33)48-43(55)38(25-35-27-45-28-46-35)49-42(54)34(24-32-16-10-6-11-17-32)21-20-31-14-8-5-9-15-31/h5-19,27-30,34,36-39,51H,20-26H2,1-4H3,(H,45,46)(H,47,52)(H,48,55)(H,49,54)(H,50,53,56)/t34?,36-,37-,38-,39-/m0/s1. The number of aliphatic hydroxyl groups is 1. The van der Waals surface area contributed by atoms with Gasteiger partial charge in [0, 0.05) is 24.1 Å². The molecule has 1 heterocycles. The van der Waals surface area contributed by atoms with Crippen LogP contribution >= 0.6 is 0 Å². The first-order valence-electron chi connectivity index (χ1n) is 19.4. The fourth-order valence-electron chi connectivity index (χ4n) is 6.57. The zero-order chi connectivity index (χ0) is 40.5. The molecule has 0 radical (unpaired) electrons. The highest BCUT2D eigenvalue weighted by atomic mass is 16.3. The third-order valence-electron chi connectivity index (χ3n) is 9.46. The summed E-state index contributed by atoms with van der Waals surface area (Å²) in [6.07, 6.45) is 3.81. The number of benzene rings is 3. The Bertz CT molecular complexity index is 1820. The number of aryl methyl sites for hydroxylation is 1. The van der Waals surface area contributed by atoms with E-state index in [0.29, 0.717) is 36.9 Å². The number of carbonyl (C=O) groups excluding carboxylic acids is 5. The van der Waals surface area contributed by atoms with Crippen molar-refractivity contribution < 1.29 is 29.1 Å². The first-order valence-corrected chi connectivity index (χ1v) is 19.4. The minimum atomic E-state index is -1.33. The molecule has 1 aromatic heterocycles. The Labute approximate surface area is 329 Å². The molecule has 0 aliphatic heterocycles. The van der Waals surface area contributed by atoms with Gasteiger partial charge in [0.25, 0.3) is 5.91 Å². The van der Waals surface area contributed by atoms with E-state index in [4.69, 9.17) is 0 Å². The van der Waals surface area contributed by atoms with Crippen LogP contribution in [0.1, 0.15) is 80.6 Å². The molecule has 12 heteroatoms. The topological polar surface area (TPSA) is 182 Å². The lowest BCUT2D eigenvalue weighted by molar-refractivity contribution is -0.133. The van der Waals surface area contributed by atoms with E-state index in [1.807, 2.05) is 88.4 Å². The number of carbonyl (C=O) groups is 5. The van der Waals surface area contributed by atoms with Crippen LogP contribution in [-0.4, -0.2) is 68.8 Å². The Kier molecular flexibility index (Phi) is 17.0. The van der Waals surface area contributed by atoms with Gasteiger partial charge >= 0.3 is 0 Å². The van der Waals surface area contributed by atoms with Crippen LogP contribution in [0.2, 0.25) is 0 Å². The van der Waals surface area contributed by atoms with E-state index in [1.54, 1.807) is 36.5 Å². The van der Waals surface area contributed by atoms with Crippen LogP contribution in [-0.2, 0) is 38.4 Å². The lowest BCUT2D eigenvalue weighted by atomic mass is 9.91. The molecule has 12 nitrogen and oxygen atoms in total. The summed E-state index contributed by atoms with van der Waals surface area (Å²) >= 11 is 0. The Morgan fingerprint density at radius 1 is 0.679 bits per heavy atom.